The summed E-state index contributed by atoms with van der Waals surface area (Å²) in [6.45, 7) is 5.50. The summed E-state index contributed by atoms with van der Waals surface area (Å²) in [6, 6.07) is 0. The molecule has 0 aliphatic carbocycles. The van der Waals surface area contributed by atoms with E-state index in [1.54, 1.807) is 4.90 Å². The molecular formula is C14H24N2O2S2. The topological polar surface area (TPSA) is 49.4 Å². The smallest absolute Gasteiger partial charge is 0.241 e. The number of rotatable bonds is 9. The summed E-state index contributed by atoms with van der Waals surface area (Å²) in [5.41, 5.74) is 0. The molecule has 0 bridgehead atoms. The summed E-state index contributed by atoms with van der Waals surface area (Å²) in [6.07, 6.45) is 5.10. The molecule has 1 rings (SSSR count). The molecule has 20 heavy (non-hydrogen) atoms. The van der Waals surface area contributed by atoms with E-state index in [0.29, 0.717) is 17.3 Å². The molecule has 4 nitrogen and oxygen atoms in total. The molecule has 1 fully saturated rings. The van der Waals surface area contributed by atoms with E-state index in [1.165, 1.54) is 11.8 Å². The molecule has 0 aromatic rings. The van der Waals surface area contributed by atoms with Gasteiger partial charge in [0.2, 0.25) is 11.8 Å². The van der Waals surface area contributed by atoms with Crippen molar-refractivity contribution in [2.45, 2.75) is 57.6 Å². The maximum atomic E-state index is 12.0. The largest absolute Gasteiger partial charge is 0.356 e. The zero-order valence-electron chi connectivity index (χ0n) is 12.3. The van der Waals surface area contributed by atoms with Crippen LogP contribution in [0.2, 0.25) is 0 Å². The molecule has 0 saturated carbocycles. The van der Waals surface area contributed by atoms with Crippen molar-refractivity contribution in [3.8, 4) is 0 Å². The zero-order valence-corrected chi connectivity index (χ0v) is 13.9. The number of carbonyl (C=O) groups is 2. The van der Waals surface area contributed by atoms with Crippen LogP contribution in [0.1, 0.15) is 52.4 Å². The summed E-state index contributed by atoms with van der Waals surface area (Å²) in [5, 5.41) is 2.88. The number of hydrogen-bond donors (Lipinski definition) is 1. The normalized spacial score (nSPS) is 18.7. The zero-order chi connectivity index (χ0) is 15.0. The molecule has 0 aromatic heterocycles. The van der Waals surface area contributed by atoms with Gasteiger partial charge in [0.1, 0.15) is 4.32 Å². The van der Waals surface area contributed by atoms with Crippen molar-refractivity contribution in [2.75, 3.05) is 13.1 Å². The van der Waals surface area contributed by atoms with Crippen LogP contribution in [0, 0.1) is 0 Å². The Labute approximate surface area is 131 Å². The molecule has 0 spiro atoms. The van der Waals surface area contributed by atoms with Gasteiger partial charge in [-0.25, -0.2) is 0 Å². The van der Waals surface area contributed by atoms with Gasteiger partial charge in [-0.1, -0.05) is 44.2 Å². The van der Waals surface area contributed by atoms with Crippen LogP contribution in [-0.4, -0.2) is 39.4 Å². The molecule has 1 N–H and O–H groups in total. The second-order valence-electron chi connectivity index (χ2n) is 4.93. The van der Waals surface area contributed by atoms with Crippen LogP contribution in [0.25, 0.3) is 0 Å². The number of thioether (sulfide) groups is 1. The molecule has 0 radical (unpaired) electrons. The van der Waals surface area contributed by atoms with Crippen molar-refractivity contribution in [1.82, 2.24) is 10.2 Å². The summed E-state index contributed by atoms with van der Waals surface area (Å²) >= 11 is 6.74. The number of nitrogens with zero attached hydrogens (tertiary/aromatic N) is 1. The van der Waals surface area contributed by atoms with Gasteiger partial charge in [0, 0.05) is 19.5 Å². The van der Waals surface area contributed by atoms with E-state index < -0.39 is 0 Å². The molecular weight excluding hydrogens is 292 g/mol. The van der Waals surface area contributed by atoms with Gasteiger partial charge in [0.25, 0.3) is 0 Å². The van der Waals surface area contributed by atoms with E-state index in [-0.39, 0.29) is 17.1 Å². The minimum absolute atomic E-state index is 0.0160. The lowest BCUT2D eigenvalue weighted by Gasteiger charge is -2.15. The molecule has 1 atom stereocenters. The highest BCUT2D eigenvalue weighted by Gasteiger charge is 2.34. The van der Waals surface area contributed by atoms with E-state index in [0.717, 1.165) is 38.6 Å². The van der Waals surface area contributed by atoms with Gasteiger partial charge in [-0.05, 0) is 25.7 Å². The number of thiocarbonyl (C=S) groups is 1. The predicted octanol–water partition coefficient (Wildman–Crippen LogP) is 2.71. The number of carbonyl (C=O) groups excluding carboxylic acids is 2. The molecule has 1 aliphatic rings. The Morgan fingerprint density at radius 1 is 1.35 bits per heavy atom. The van der Waals surface area contributed by atoms with E-state index in [4.69, 9.17) is 12.2 Å². The Bertz CT molecular complexity index is 361. The van der Waals surface area contributed by atoms with Crippen LogP contribution in [0.3, 0.4) is 0 Å². The summed E-state index contributed by atoms with van der Waals surface area (Å²) < 4.78 is 0.711. The second kappa shape index (κ2) is 9.34. The Kier molecular flexibility index (Phi) is 8.14. The highest BCUT2D eigenvalue weighted by atomic mass is 32.2. The molecule has 1 unspecified atom stereocenters. The Morgan fingerprint density at radius 2 is 2.10 bits per heavy atom. The van der Waals surface area contributed by atoms with Gasteiger partial charge in [0.15, 0.2) is 0 Å². The number of unbranched alkanes of at least 4 members (excludes halogenated alkanes) is 2. The third-order valence-electron chi connectivity index (χ3n) is 3.23. The van der Waals surface area contributed by atoms with Crippen LogP contribution in [-0.2, 0) is 9.59 Å². The minimum Gasteiger partial charge on any atom is -0.356 e. The highest BCUT2D eigenvalue weighted by Crippen LogP contribution is 2.29. The molecule has 6 heteroatoms. The van der Waals surface area contributed by atoms with E-state index in [9.17, 15) is 9.59 Å². The highest BCUT2D eigenvalue weighted by molar-refractivity contribution is 8.24. The maximum absolute atomic E-state index is 12.0. The van der Waals surface area contributed by atoms with Crippen molar-refractivity contribution in [1.29, 1.82) is 0 Å². The first-order valence-corrected chi connectivity index (χ1v) is 8.67. The van der Waals surface area contributed by atoms with Crippen molar-refractivity contribution < 1.29 is 9.59 Å². The second-order valence-corrected chi connectivity index (χ2v) is 6.77. The molecule has 114 valence electrons. The first-order chi connectivity index (χ1) is 9.60. The van der Waals surface area contributed by atoms with Gasteiger partial charge in [-0.2, -0.15) is 0 Å². The lowest BCUT2D eigenvalue weighted by molar-refractivity contribution is -0.126. The Balaban J connectivity index is 2.14. The standard InChI is InChI=1S/C14H24N2O2S2/c1-3-9-15-12(17)8-6-5-7-10-16-13(18)11(4-2)20-14(16)19/h11H,3-10H2,1-2H3,(H,15,17). The van der Waals surface area contributed by atoms with Gasteiger partial charge >= 0.3 is 0 Å². The van der Waals surface area contributed by atoms with Crippen LogP contribution < -0.4 is 5.32 Å². The Hall–Kier alpha value is -0.620. The van der Waals surface area contributed by atoms with Crippen LogP contribution >= 0.6 is 24.0 Å². The molecule has 1 aliphatic heterocycles. The molecule has 1 saturated heterocycles. The quantitative estimate of drug-likeness (QED) is 0.525. The van der Waals surface area contributed by atoms with Crippen molar-refractivity contribution >= 4 is 40.1 Å². The van der Waals surface area contributed by atoms with Gasteiger partial charge in [-0.3, -0.25) is 14.5 Å². The molecule has 0 aromatic carbocycles. The fraction of sp³-hybridized carbons (Fsp3) is 0.786. The van der Waals surface area contributed by atoms with E-state index in [2.05, 4.69) is 5.32 Å². The van der Waals surface area contributed by atoms with E-state index >= 15 is 0 Å². The fourth-order valence-corrected chi connectivity index (χ4v) is 3.52. The minimum atomic E-state index is 0.0160. The lowest BCUT2D eigenvalue weighted by Crippen LogP contribution is -2.32. The monoisotopic (exact) mass is 316 g/mol. The predicted molar refractivity (Wildman–Crippen MR) is 87.7 cm³/mol. The van der Waals surface area contributed by atoms with Crippen molar-refractivity contribution in [3.63, 3.8) is 0 Å². The first-order valence-electron chi connectivity index (χ1n) is 7.38. The maximum Gasteiger partial charge on any atom is 0.241 e. The van der Waals surface area contributed by atoms with Crippen molar-refractivity contribution in [2.24, 2.45) is 0 Å². The lowest BCUT2D eigenvalue weighted by atomic mass is 10.1. The van der Waals surface area contributed by atoms with Gasteiger partial charge < -0.3 is 5.32 Å². The molecule has 1 heterocycles. The third kappa shape index (κ3) is 5.40. The summed E-state index contributed by atoms with van der Waals surface area (Å²) in [4.78, 5) is 25.1. The van der Waals surface area contributed by atoms with Crippen LogP contribution in [0.4, 0.5) is 0 Å². The fourth-order valence-electron chi connectivity index (χ4n) is 2.04. The van der Waals surface area contributed by atoms with Crippen molar-refractivity contribution in [3.05, 3.63) is 0 Å². The van der Waals surface area contributed by atoms with Crippen LogP contribution in [0.15, 0.2) is 0 Å². The number of hydrogen-bond acceptors (Lipinski definition) is 4. The van der Waals surface area contributed by atoms with E-state index in [1.807, 2.05) is 13.8 Å². The average molecular weight is 316 g/mol. The average Bonchev–Trinajstić information content (AvgIpc) is 2.71. The summed E-state index contributed by atoms with van der Waals surface area (Å²) in [5.74, 6) is 0.282. The third-order valence-corrected chi connectivity index (χ3v) is 4.98. The number of amides is 2. The SMILES string of the molecule is CCCNC(=O)CCCCCN1C(=O)C(CC)SC1=S. The van der Waals surface area contributed by atoms with Gasteiger partial charge in [-0.15, -0.1) is 0 Å². The number of nitrogens with one attached hydrogen (secondary N) is 1. The van der Waals surface area contributed by atoms with Gasteiger partial charge in [0.05, 0.1) is 5.25 Å². The summed E-state index contributed by atoms with van der Waals surface area (Å²) in [7, 11) is 0. The Morgan fingerprint density at radius 3 is 2.70 bits per heavy atom. The molecule has 2 amide bonds. The van der Waals surface area contributed by atoms with Crippen LogP contribution in [0.5, 0.6) is 0 Å². The first kappa shape index (κ1) is 17.4.